The predicted molar refractivity (Wildman–Crippen MR) is 112 cm³/mol. The largest absolute Gasteiger partial charge is 0.369 e. The SMILES string of the molecule is CC(C)NC1CC1.Nc1nc2nccc(C(=Nc3ccc(F)c(Cl)c3)NO)c2[nH]1. The molecule has 0 amide bonds. The number of benzene rings is 1. The second-order valence-corrected chi connectivity index (χ2v) is 7.35. The Labute approximate surface area is 172 Å². The van der Waals surface area contributed by atoms with E-state index in [-0.39, 0.29) is 16.8 Å². The van der Waals surface area contributed by atoms with Gasteiger partial charge >= 0.3 is 0 Å². The highest BCUT2D eigenvalue weighted by molar-refractivity contribution is 6.31. The van der Waals surface area contributed by atoms with Crippen LogP contribution in [0.25, 0.3) is 11.2 Å². The number of anilines is 1. The molecule has 1 aliphatic carbocycles. The summed E-state index contributed by atoms with van der Waals surface area (Å²) < 4.78 is 13.2. The molecule has 8 nitrogen and oxygen atoms in total. The fraction of sp³-hybridized carbons (Fsp3) is 0.316. The number of hydroxylamine groups is 1. The number of nitrogen functional groups attached to an aromatic ring is 1. The van der Waals surface area contributed by atoms with E-state index in [0.29, 0.717) is 28.5 Å². The third-order valence-electron chi connectivity index (χ3n) is 4.06. The molecule has 6 N–H and O–H groups in total. The molecule has 2 heterocycles. The van der Waals surface area contributed by atoms with Crippen molar-refractivity contribution < 1.29 is 9.60 Å². The first-order valence-corrected chi connectivity index (χ1v) is 9.55. The Hall–Kier alpha value is -2.75. The highest BCUT2D eigenvalue weighted by Crippen LogP contribution is 2.23. The summed E-state index contributed by atoms with van der Waals surface area (Å²) in [6.45, 7) is 4.39. The summed E-state index contributed by atoms with van der Waals surface area (Å²) in [5.41, 5.74) is 9.35. The molecule has 0 atom stereocenters. The van der Waals surface area contributed by atoms with Crippen molar-refractivity contribution in [2.24, 2.45) is 4.99 Å². The minimum absolute atomic E-state index is 0.0656. The smallest absolute Gasteiger partial charge is 0.200 e. The second-order valence-electron chi connectivity index (χ2n) is 6.95. The Morgan fingerprint density at radius 2 is 2.14 bits per heavy atom. The van der Waals surface area contributed by atoms with Gasteiger partial charge in [-0.3, -0.25) is 10.7 Å². The number of hydrogen-bond acceptors (Lipinski definition) is 6. The van der Waals surface area contributed by atoms with Crippen LogP contribution in [0.2, 0.25) is 5.02 Å². The number of amidine groups is 1. The van der Waals surface area contributed by atoms with Crippen LogP contribution in [-0.2, 0) is 0 Å². The summed E-state index contributed by atoms with van der Waals surface area (Å²) in [5.74, 6) is -0.248. The number of aliphatic imine (C=N–C) groups is 1. The molecule has 0 saturated heterocycles. The molecule has 0 aliphatic heterocycles. The molecule has 1 fully saturated rings. The minimum atomic E-state index is -0.549. The molecule has 1 aliphatic rings. The summed E-state index contributed by atoms with van der Waals surface area (Å²) >= 11 is 5.72. The van der Waals surface area contributed by atoms with Gasteiger partial charge in [-0.25, -0.2) is 14.4 Å². The van der Waals surface area contributed by atoms with Crippen LogP contribution < -0.4 is 16.5 Å². The molecular weight excluding hydrogens is 397 g/mol. The van der Waals surface area contributed by atoms with E-state index in [1.165, 1.54) is 37.2 Å². The molecule has 1 saturated carbocycles. The molecule has 0 radical (unpaired) electrons. The number of rotatable bonds is 4. The second kappa shape index (κ2) is 9.17. The average molecular weight is 420 g/mol. The van der Waals surface area contributed by atoms with Gasteiger partial charge < -0.3 is 16.0 Å². The molecule has 29 heavy (non-hydrogen) atoms. The quantitative estimate of drug-likeness (QED) is 0.250. The molecular formula is C19H23ClFN7O. The van der Waals surface area contributed by atoms with Gasteiger partial charge in [0.15, 0.2) is 17.4 Å². The zero-order valence-corrected chi connectivity index (χ0v) is 16.8. The third kappa shape index (κ3) is 5.63. The van der Waals surface area contributed by atoms with Crippen molar-refractivity contribution in [3.05, 3.63) is 46.9 Å². The minimum Gasteiger partial charge on any atom is -0.369 e. The van der Waals surface area contributed by atoms with Gasteiger partial charge in [-0.2, -0.15) is 4.98 Å². The zero-order chi connectivity index (χ0) is 21.0. The van der Waals surface area contributed by atoms with Crippen molar-refractivity contribution in [3.8, 4) is 0 Å². The molecule has 4 rings (SSSR count). The summed E-state index contributed by atoms with van der Waals surface area (Å²) in [7, 11) is 0. The number of fused-ring (bicyclic) bond motifs is 1. The molecule has 10 heteroatoms. The van der Waals surface area contributed by atoms with Gasteiger partial charge in [0.25, 0.3) is 0 Å². The molecule has 154 valence electrons. The molecule has 0 unspecified atom stereocenters. The maximum atomic E-state index is 13.2. The van der Waals surface area contributed by atoms with Crippen LogP contribution in [0, 0.1) is 5.82 Å². The Morgan fingerprint density at radius 1 is 1.38 bits per heavy atom. The lowest BCUT2D eigenvalue weighted by molar-refractivity contribution is 0.235. The van der Waals surface area contributed by atoms with Gasteiger partial charge in [0, 0.05) is 23.8 Å². The lowest BCUT2D eigenvalue weighted by Crippen LogP contribution is -2.24. The zero-order valence-electron chi connectivity index (χ0n) is 16.1. The topological polar surface area (TPSA) is 124 Å². The van der Waals surface area contributed by atoms with Crippen LogP contribution in [-0.4, -0.2) is 38.1 Å². The average Bonchev–Trinajstić information content (AvgIpc) is 3.39. The molecule has 3 aromatic rings. The van der Waals surface area contributed by atoms with Crippen LogP contribution in [0.15, 0.2) is 35.5 Å². The van der Waals surface area contributed by atoms with Crippen LogP contribution in [0.1, 0.15) is 32.3 Å². The number of pyridine rings is 1. The summed E-state index contributed by atoms with van der Waals surface area (Å²) in [4.78, 5) is 15.1. The standard InChI is InChI=1S/C13H10ClFN6O.C6H13N/c14-8-5-6(1-2-9(8)15)18-11(21-22)7-3-4-17-12-10(7)19-13(16)20-12;1-5(2)7-6-3-4-6/h1-5,22H,(H,18,21)(H3,16,17,19,20);5-7H,3-4H2,1-2H3. The molecule has 0 bridgehead atoms. The maximum absolute atomic E-state index is 13.2. The fourth-order valence-corrected chi connectivity index (χ4v) is 2.85. The van der Waals surface area contributed by atoms with Gasteiger partial charge in [0.05, 0.1) is 16.2 Å². The Kier molecular flexibility index (Phi) is 6.63. The number of imidazole rings is 1. The molecule has 0 spiro atoms. The van der Waals surface area contributed by atoms with E-state index in [2.05, 4.69) is 39.1 Å². The first kappa shape index (κ1) is 21.0. The highest BCUT2D eigenvalue weighted by atomic mass is 35.5. The Balaban J connectivity index is 0.000000290. The number of nitrogens with two attached hydrogens (primary N) is 1. The van der Waals surface area contributed by atoms with Crippen LogP contribution in [0.3, 0.4) is 0 Å². The number of aromatic nitrogens is 3. The van der Waals surface area contributed by atoms with Crippen molar-refractivity contribution in [2.75, 3.05) is 5.73 Å². The predicted octanol–water partition coefficient (Wildman–Crippen LogP) is 3.54. The first-order chi connectivity index (χ1) is 13.9. The van der Waals surface area contributed by atoms with Crippen molar-refractivity contribution in [1.29, 1.82) is 0 Å². The Bertz CT molecular complexity index is 1020. The lowest BCUT2D eigenvalue weighted by atomic mass is 10.2. The van der Waals surface area contributed by atoms with E-state index in [1.54, 1.807) is 6.07 Å². The summed E-state index contributed by atoms with van der Waals surface area (Å²) in [6, 6.07) is 7.14. The summed E-state index contributed by atoms with van der Waals surface area (Å²) in [5, 5.41) is 12.7. The van der Waals surface area contributed by atoms with Crippen molar-refractivity contribution in [3.63, 3.8) is 0 Å². The lowest BCUT2D eigenvalue weighted by Gasteiger charge is -2.06. The number of nitrogens with zero attached hydrogens (tertiary/aromatic N) is 3. The summed E-state index contributed by atoms with van der Waals surface area (Å²) in [6.07, 6.45) is 4.30. The first-order valence-electron chi connectivity index (χ1n) is 9.18. The van der Waals surface area contributed by atoms with Gasteiger partial charge in [-0.1, -0.05) is 25.4 Å². The number of halogens is 2. The normalized spacial score (nSPS) is 14.1. The van der Waals surface area contributed by atoms with Gasteiger partial charge in [0.2, 0.25) is 0 Å². The number of H-pyrrole nitrogens is 1. The van der Waals surface area contributed by atoms with E-state index >= 15 is 0 Å². The van der Waals surface area contributed by atoms with E-state index in [1.807, 2.05) is 5.48 Å². The van der Waals surface area contributed by atoms with Crippen LogP contribution >= 0.6 is 11.6 Å². The highest BCUT2D eigenvalue weighted by Gasteiger charge is 2.20. The van der Waals surface area contributed by atoms with Gasteiger partial charge in [0.1, 0.15) is 5.82 Å². The van der Waals surface area contributed by atoms with E-state index in [4.69, 9.17) is 17.3 Å². The number of hydrogen-bond donors (Lipinski definition) is 5. The van der Waals surface area contributed by atoms with Crippen molar-refractivity contribution >= 4 is 40.2 Å². The van der Waals surface area contributed by atoms with E-state index < -0.39 is 5.82 Å². The van der Waals surface area contributed by atoms with Crippen LogP contribution in [0.4, 0.5) is 16.0 Å². The van der Waals surface area contributed by atoms with E-state index in [9.17, 15) is 9.60 Å². The van der Waals surface area contributed by atoms with Crippen molar-refractivity contribution in [2.45, 2.75) is 38.8 Å². The van der Waals surface area contributed by atoms with Crippen molar-refractivity contribution in [1.82, 2.24) is 25.7 Å². The van der Waals surface area contributed by atoms with Gasteiger partial charge in [-0.15, -0.1) is 0 Å². The van der Waals surface area contributed by atoms with E-state index in [0.717, 1.165) is 6.04 Å². The van der Waals surface area contributed by atoms with Crippen LogP contribution in [0.5, 0.6) is 0 Å². The van der Waals surface area contributed by atoms with Gasteiger partial charge in [-0.05, 0) is 37.1 Å². The monoisotopic (exact) mass is 419 g/mol. The molecule has 2 aromatic heterocycles. The fourth-order valence-electron chi connectivity index (χ4n) is 2.68. The molecule has 1 aromatic carbocycles. The maximum Gasteiger partial charge on any atom is 0.200 e. The Morgan fingerprint density at radius 3 is 2.72 bits per heavy atom. The number of nitrogens with one attached hydrogen (secondary N) is 3. The third-order valence-corrected chi connectivity index (χ3v) is 4.35. The number of aromatic amines is 1.